The van der Waals surface area contributed by atoms with Crippen molar-refractivity contribution < 1.29 is 23.5 Å². The standard InChI is InChI=1S/C25H19ClFN3O4/c1-33-23-13-16(12-17(14-28)25(32)30-21-9-5-19(27)6-10-21)2-11-22(23)34-15-24(31)29-20-7-3-18(26)4-8-20/h2-13H,15H2,1H3,(H,29,31)(H,30,32)/b17-12+. The maximum Gasteiger partial charge on any atom is 0.266 e. The SMILES string of the molecule is COc1cc(/C=C(\C#N)C(=O)Nc2ccc(F)cc2)ccc1OCC(=O)Nc1ccc(Cl)cc1. The fourth-order valence-electron chi connectivity index (χ4n) is 2.81. The molecule has 0 spiro atoms. The van der Waals surface area contributed by atoms with Crippen molar-refractivity contribution in [1.29, 1.82) is 5.26 Å². The summed E-state index contributed by atoms with van der Waals surface area (Å²) in [6.07, 6.45) is 1.37. The number of amides is 2. The Hall–Kier alpha value is -4.35. The Morgan fingerprint density at radius 3 is 2.29 bits per heavy atom. The molecule has 7 nitrogen and oxygen atoms in total. The summed E-state index contributed by atoms with van der Waals surface area (Å²) in [6, 6.07) is 18.4. The van der Waals surface area contributed by atoms with Gasteiger partial charge in [-0.25, -0.2) is 4.39 Å². The summed E-state index contributed by atoms with van der Waals surface area (Å²) in [4.78, 5) is 24.5. The van der Waals surface area contributed by atoms with Gasteiger partial charge in [-0.2, -0.15) is 5.26 Å². The number of carbonyl (C=O) groups excluding carboxylic acids is 2. The van der Waals surface area contributed by atoms with Gasteiger partial charge in [-0.05, 0) is 72.3 Å². The number of benzene rings is 3. The number of hydrogen-bond donors (Lipinski definition) is 2. The molecule has 0 bridgehead atoms. The van der Waals surface area contributed by atoms with Gasteiger partial charge < -0.3 is 20.1 Å². The van der Waals surface area contributed by atoms with Crippen LogP contribution in [0, 0.1) is 17.1 Å². The van der Waals surface area contributed by atoms with Gasteiger partial charge in [-0.1, -0.05) is 17.7 Å². The van der Waals surface area contributed by atoms with Gasteiger partial charge in [0.15, 0.2) is 18.1 Å². The van der Waals surface area contributed by atoms with E-state index in [1.807, 2.05) is 6.07 Å². The molecule has 3 aromatic carbocycles. The highest BCUT2D eigenvalue weighted by Crippen LogP contribution is 2.29. The Bertz CT molecular complexity index is 1250. The maximum atomic E-state index is 13.0. The van der Waals surface area contributed by atoms with Gasteiger partial charge in [0.05, 0.1) is 7.11 Å². The average Bonchev–Trinajstić information content (AvgIpc) is 2.84. The summed E-state index contributed by atoms with van der Waals surface area (Å²) in [5.74, 6) is -0.847. The Balaban J connectivity index is 1.66. The van der Waals surface area contributed by atoms with Gasteiger partial charge in [0.1, 0.15) is 17.5 Å². The van der Waals surface area contributed by atoms with Crippen LogP contribution in [0.1, 0.15) is 5.56 Å². The minimum atomic E-state index is -0.646. The van der Waals surface area contributed by atoms with E-state index >= 15 is 0 Å². The van der Waals surface area contributed by atoms with E-state index in [2.05, 4.69) is 10.6 Å². The summed E-state index contributed by atoms with van der Waals surface area (Å²) in [6.45, 7) is -0.266. The molecule has 0 aromatic heterocycles. The molecule has 0 saturated carbocycles. The van der Waals surface area contributed by atoms with Crippen LogP contribution in [0.2, 0.25) is 5.02 Å². The molecule has 0 aliphatic heterocycles. The zero-order valence-electron chi connectivity index (χ0n) is 18.0. The van der Waals surface area contributed by atoms with E-state index in [4.69, 9.17) is 21.1 Å². The number of nitriles is 1. The number of nitrogens with zero attached hydrogens (tertiary/aromatic N) is 1. The molecule has 0 atom stereocenters. The van der Waals surface area contributed by atoms with E-state index in [1.54, 1.807) is 42.5 Å². The van der Waals surface area contributed by atoms with Crippen molar-refractivity contribution in [3.8, 4) is 17.6 Å². The third kappa shape index (κ3) is 6.82. The quantitative estimate of drug-likeness (QED) is 0.348. The van der Waals surface area contributed by atoms with Crippen molar-refractivity contribution >= 4 is 40.9 Å². The van der Waals surface area contributed by atoms with E-state index in [1.165, 1.54) is 37.5 Å². The predicted octanol–water partition coefficient (Wildman–Crippen LogP) is 5.05. The lowest BCUT2D eigenvalue weighted by Crippen LogP contribution is -2.20. The lowest BCUT2D eigenvalue weighted by atomic mass is 10.1. The van der Waals surface area contributed by atoms with Crippen LogP contribution < -0.4 is 20.1 Å². The number of halogens is 2. The minimum Gasteiger partial charge on any atom is -0.493 e. The summed E-state index contributed by atoms with van der Waals surface area (Å²) in [5.41, 5.74) is 1.27. The molecule has 172 valence electrons. The van der Waals surface area contributed by atoms with Gasteiger partial charge in [0.2, 0.25) is 0 Å². The highest BCUT2D eigenvalue weighted by molar-refractivity contribution is 6.30. The normalized spacial score (nSPS) is 10.7. The second kappa shape index (κ2) is 11.5. The first-order chi connectivity index (χ1) is 16.4. The lowest BCUT2D eigenvalue weighted by Gasteiger charge is -2.12. The third-order valence-electron chi connectivity index (χ3n) is 4.45. The molecule has 9 heteroatoms. The summed E-state index contributed by atoms with van der Waals surface area (Å²) in [5, 5.41) is 15.2. The first-order valence-electron chi connectivity index (χ1n) is 9.93. The van der Waals surface area contributed by atoms with Crippen molar-refractivity contribution in [2.24, 2.45) is 0 Å². The van der Waals surface area contributed by atoms with Crippen LogP contribution in [0.5, 0.6) is 11.5 Å². The molecule has 3 rings (SSSR count). The zero-order valence-corrected chi connectivity index (χ0v) is 18.7. The molecule has 34 heavy (non-hydrogen) atoms. The Labute approximate surface area is 200 Å². The van der Waals surface area contributed by atoms with E-state index in [-0.39, 0.29) is 18.1 Å². The molecule has 0 fully saturated rings. The third-order valence-corrected chi connectivity index (χ3v) is 4.70. The first-order valence-corrected chi connectivity index (χ1v) is 10.3. The topological polar surface area (TPSA) is 100 Å². The second-order valence-electron chi connectivity index (χ2n) is 6.88. The molecule has 0 radical (unpaired) electrons. The Kier molecular flexibility index (Phi) is 8.21. The van der Waals surface area contributed by atoms with E-state index < -0.39 is 11.7 Å². The summed E-state index contributed by atoms with van der Waals surface area (Å²) >= 11 is 5.83. The Morgan fingerprint density at radius 1 is 1.00 bits per heavy atom. The highest BCUT2D eigenvalue weighted by atomic mass is 35.5. The molecule has 3 aromatic rings. The van der Waals surface area contributed by atoms with Crippen LogP contribution in [-0.4, -0.2) is 25.5 Å². The van der Waals surface area contributed by atoms with E-state index in [0.29, 0.717) is 33.5 Å². The van der Waals surface area contributed by atoms with Crippen LogP contribution in [0.3, 0.4) is 0 Å². The van der Waals surface area contributed by atoms with Crippen LogP contribution in [0.4, 0.5) is 15.8 Å². The smallest absolute Gasteiger partial charge is 0.266 e. The van der Waals surface area contributed by atoms with Gasteiger partial charge in [0, 0.05) is 16.4 Å². The molecular weight excluding hydrogens is 461 g/mol. The first kappa shape index (κ1) is 24.3. The van der Waals surface area contributed by atoms with Crippen LogP contribution in [-0.2, 0) is 9.59 Å². The summed E-state index contributed by atoms with van der Waals surface area (Å²) < 4.78 is 23.9. The molecule has 0 heterocycles. The van der Waals surface area contributed by atoms with Crippen molar-refractivity contribution in [3.63, 3.8) is 0 Å². The van der Waals surface area contributed by atoms with E-state index in [0.717, 1.165) is 0 Å². The van der Waals surface area contributed by atoms with Crippen molar-refractivity contribution in [2.75, 3.05) is 24.4 Å². The van der Waals surface area contributed by atoms with Gasteiger partial charge in [0.25, 0.3) is 11.8 Å². The molecule has 0 aliphatic carbocycles. The molecule has 2 N–H and O–H groups in total. The molecule has 0 unspecified atom stereocenters. The highest BCUT2D eigenvalue weighted by Gasteiger charge is 2.12. The number of ether oxygens (including phenoxy) is 2. The Morgan fingerprint density at radius 2 is 1.65 bits per heavy atom. The van der Waals surface area contributed by atoms with Crippen molar-refractivity contribution in [3.05, 3.63) is 88.7 Å². The maximum absolute atomic E-state index is 13.0. The van der Waals surface area contributed by atoms with Gasteiger partial charge in [-0.15, -0.1) is 0 Å². The number of methoxy groups -OCH3 is 1. The fourth-order valence-corrected chi connectivity index (χ4v) is 2.94. The number of anilines is 2. The fraction of sp³-hybridized carbons (Fsp3) is 0.0800. The number of nitrogens with one attached hydrogen (secondary N) is 2. The predicted molar refractivity (Wildman–Crippen MR) is 127 cm³/mol. The van der Waals surface area contributed by atoms with Crippen LogP contribution >= 0.6 is 11.6 Å². The number of rotatable bonds is 8. The lowest BCUT2D eigenvalue weighted by molar-refractivity contribution is -0.118. The van der Waals surface area contributed by atoms with Crippen LogP contribution in [0.15, 0.2) is 72.3 Å². The molecular formula is C25H19ClFN3O4. The average molecular weight is 480 g/mol. The molecule has 0 aliphatic rings. The molecule has 2 amide bonds. The van der Waals surface area contributed by atoms with Crippen molar-refractivity contribution in [2.45, 2.75) is 0 Å². The largest absolute Gasteiger partial charge is 0.493 e. The van der Waals surface area contributed by atoms with Gasteiger partial charge >= 0.3 is 0 Å². The van der Waals surface area contributed by atoms with Gasteiger partial charge in [-0.3, -0.25) is 9.59 Å². The number of carbonyl (C=O) groups is 2. The second-order valence-corrected chi connectivity index (χ2v) is 7.32. The van der Waals surface area contributed by atoms with Crippen molar-refractivity contribution in [1.82, 2.24) is 0 Å². The van der Waals surface area contributed by atoms with Crippen LogP contribution in [0.25, 0.3) is 6.08 Å². The zero-order chi connectivity index (χ0) is 24.5. The molecule has 0 saturated heterocycles. The van der Waals surface area contributed by atoms with E-state index in [9.17, 15) is 19.2 Å². The minimum absolute atomic E-state index is 0.164. The summed E-state index contributed by atoms with van der Waals surface area (Å²) in [7, 11) is 1.43. The monoisotopic (exact) mass is 479 g/mol. The number of hydrogen-bond acceptors (Lipinski definition) is 5.